The first-order chi connectivity index (χ1) is 7.92. The van der Waals surface area contributed by atoms with E-state index in [1.807, 2.05) is 12.1 Å². The minimum Gasteiger partial charge on any atom is -0.491 e. The highest BCUT2D eigenvalue weighted by atomic mass is 16.6. The molecule has 2 aliphatic heterocycles. The van der Waals surface area contributed by atoms with Crippen LogP contribution in [0.2, 0.25) is 0 Å². The Labute approximate surface area is 95.3 Å². The third-order valence-electron chi connectivity index (χ3n) is 2.94. The Kier molecular flexibility index (Phi) is 2.80. The van der Waals surface area contributed by atoms with Crippen LogP contribution in [0.1, 0.15) is 12.0 Å². The molecular weight excluding hydrogens is 204 g/mol. The van der Waals surface area contributed by atoms with E-state index in [0.717, 1.165) is 31.8 Å². The van der Waals surface area contributed by atoms with Gasteiger partial charge in [-0.1, -0.05) is 18.2 Å². The monoisotopic (exact) mass is 220 g/mol. The standard InChI is InChI=1S/C13H16O3/c1-2-4-13(16-9-12-8-15-12)10(3-1)5-6-11-7-14-11/h1-4,11-12H,5-9H2. The van der Waals surface area contributed by atoms with Crippen molar-refractivity contribution in [2.24, 2.45) is 0 Å². The molecule has 2 atom stereocenters. The smallest absolute Gasteiger partial charge is 0.122 e. The van der Waals surface area contributed by atoms with Crippen LogP contribution in [0.25, 0.3) is 0 Å². The summed E-state index contributed by atoms with van der Waals surface area (Å²) in [5.41, 5.74) is 1.28. The molecule has 0 radical (unpaired) electrons. The van der Waals surface area contributed by atoms with E-state index in [1.54, 1.807) is 0 Å². The Hall–Kier alpha value is -1.06. The Morgan fingerprint density at radius 1 is 1.12 bits per heavy atom. The second-order valence-corrected chi connectivity index (χ2v) is 4.37. The van der Waals surface area contributed by atoms with Gasteiger partial charge in [-0.05, 0) is 24.5 Å². The van der Waals surface area contributed by atoms with Crippen molar-refractivity contribution in [2.75, 3.05) is 19.8 Å². The molecule has 86 valence electrons. The van der Waals surface area contributed by atoms with E-state index in [4.69, 9.17) is 14.2 Å². The third kappa shape index (κ3) is 2.74. The summed E-state index contributed by atoms with van der Waals surface area (Å²) in [6, 6.07) is 8.24. The van der Waals surface area contributed by atoms with Crippen molar-refractivity contribution in [1.29, 1.82) is 0 Å². The summed E-state index contributed by atoms with van der Waals surface area (Å²) in [6.45, 7) is 2.45. The minimum atomic E-state index is 0.319. The molecule has 0 amide bonds. The highest BCUT2D eigenvalue weighted by Crippen LogP contribution is 2.24. The molecule has 3 rings (SSSR count). The molecule has 3 nitrogen and oxygen atoms in total. The maximum absolute atomic E-state index is 5.75. The number of hydrogen-bond donors (Lipinski definition) is 0. The van der Waals surface area contributed by atoms with Crippen molar-refractivity contribution in [3.05, 3.63) is 29.8 Å². The number of aryl methyl sites for hydroxylation is 1. The zero-order valence-electron chi connectivity index (χ0n) is 9.22. The van der Waals surface area contributed by atoms with Crippen LogP contribution in [-0.2, 0) is 15.9 Å². The summed E-state index contributed by atoms with van der Waals surface area (Å²) in [7, 11) is 0. The van der Waals surface area contributed by atoms with Crippen molar-refractivity contribution in [2.45, 2.75) is 25.0 Å². The van der Waals surface area contributed by atoms with E-state index >= 15 is 0 Å². The van der Waals surface area contributed by atoms with Gasteiger partial charge in [-0.15, -0.1) is 0 Å². The first-order valence-electron chi connectivity index (χ1n) is 5.86. The highest BCUT2D eigenvalue weighted by Gasteiger charge is 2.24. The maximum atomic E-state index is 5.75. The quantitative estimate of drug-likeness (QED) is 0.685. The van der Waals surface area contributed by atoms with Gasteiger partial charge in [0.2, 0.25) is 0 Å². The van der Waals surface area contributed by atoms with Gasteiger partial charge < -0.3 is 14.2 Å². The van der Waals surface area contributed by atoms with Gasteiger partial charge in [0.1, 0.15) is 18.5 Å². The molecule has 2 unspecified atom stereocenters. The molecule has 0 saturated carbocycles. The van der Waals surface area contributed by atoms with E-state index in [0.29, 0.717) is 18.8 Å². The molecular formula is C13H16O3. The van der Waals surface area contributed by atoms with Crippen molar-refractivity contribution in [1.82, 2.24) is 0 Å². The number of epoxide rings is 2. The molecule has 2 heterocycles. The summed E-state index contributed by atoms with van der Waals surface area (Å²) < 4.78 is 16.1. The van der Waals surface area contributed by atoms with Gasteiger partial charge in [0, 0.05) is 0 Å². The van der Waals surface area contributed by atoms with Crippen LogP contribution in [0.5, 0.6) is 5.75 Å². The summed E-state index contributed by atoms with van der Waals surface area (Å²) in [5.74, 6) is 0.999. The molecule has 2 fully saturated rings. The van der Waals surface area contributed by atoms with E-state index in [1.165, 1.54) is 5.56 Å². The van der Waals surface area contributed by atoms with Gasteiger partial charge in [-0.2, -0.15) is 0 Å². The topological polar surface area (TPSA) is 34.3 Å². The van der Waals surface area contributed by atoms with Crippen LogP contribution >= 0.6 is 0 Å². The number of hydrogen-bond acceptors (Lipinski definition) is 3. The summed E-state index contributed by atoms with van der Waals surface area (Å²) in [6.07, 6.45) is 2.94. The Bertz CT molecular complexity index is 321. The van der Waals surface area contributed by atoms with Crippen LogP contribution < -0.4 is 4.74 Å². The molecule has 0 aliphatic carbocycles. The molecule has 0 aromatic heterocycles. The van der Waals surface area contributed by atoms with E-state index in [2.05, 4.69) is 12.1 Å². The third-order valence-corrected chi connectivity index (χ3v) is 2.94. The number of para-hydroxylation sites is 1. The number of ether oxygens (including phenoxy) is 3. The van der Waals surface area contributed by atoms with Gasteiger partial charge >= 0.3 is 0 Å². The SMILES string of the molecule is c1ccc(OCC2CO2)c(CCC2CO2)c1. The molecule has 1 aromatic rings. The van der Waals surface area contributed by atoms with Crippen molar-refractivity contribution >= 4 is 0 Å². The van der Waals surface area contributed by atoms with E-state index < -0.39 is 0 Å². The second-order valence-electron chi connectivity index (χ2n) is 4.37. The molecule has 16 heavy (non-hydrogen) atoms. The maximum Gasteiger partial charge on any atom is 0.122 e. The lowest BCUT2D eigenvalue weighted by Crippen LogP contribution is -2.06. The van der Waals surface area contributed by atoms with Crippen LogP contribution in [0.15, 0.2) is 24.3 Å². The fourth-order valence-electron chi connectivity index (χ4n) is 1.75. The Balaban J connectivity index is 1.58. The predicted octanol–water partition coefficient (Wildman–Crippen LogP) is 1.80. The molecule has 1 aromatic carbocycles. The fraction of sp³-hybridized carbons (Fsp3) is 0.538. The van der Waals surface area contributed by atoms with Crippen LogP contribution in [-0.4, -0.2) is 32.0 Å². The van der Waals surface area contributed by atoms with Gasteiger partial charge in [0.15, 0.2) is 0 Å². The highest BCUT2D eigenvalue weighted by molar-refractivity contribution is 5.33. The Morgan fingerprint density at radius 3 is 2.62 bits per heavy atom. The largest absolute Gasteiger partial charge is 0.491 e. The second kappa shape index (κ2) is 4.44. The number of rotatable bonds is 6. The van der Waals surface area contributed by atoms with E-state index in [9.17, 15) is 0 Å². The Morgan fingerprint density at radius 2 is 1.88 bits per heavy atom. The molecule has 2 aliphatic rings. The van der Waals surface area contributed by atoms with Crippen molar-refractivity contribution in [3.8, 4) is 5.75 Å². The van der Waals surface area contributed by atoms with Gasteiger partial charge in [0.05, 0.1) is 19.3 Å². The molecule has 0 spiro atoms. The van der Waals surface area contributed by atoms with Gasteiger partial charge in [-0.25, -0.2) is 0 Å². The lowest BCUT2D eigenvalue weighted by Gasteiger charge is -2.09. The molecule has 3 heteroatoms. The lowest BCUT2D eigenvalue weighted by molar-refractivity contribution is 0.260. The zero-order valence-corrected chi connectivity index (χ0v) is 9.22. The molecule has 0 N–H and O–H groups in total. The first kappa shape index (κ1) is 10.1. The average Bonchev–Trinajstić information content (AvgIpc) is 3.17. The van der Waals surface area contributed by atoms with Crippen molar-refractivity contribution in [3.63, 3.8) is 0 Å². The molecule has 2 saturated heterocycles. The van der Waals surface area contributed by atoms with Crippen molar-refractivity contribution < 1.29 is 14.2 Å². The average molecular weight is 220 g/mol. The summed E-state index contributed by atoms with van der Waals surface area (Å²) in [5, 5.41) is 0. The summed E-state index contributed by atoms with van der Waals surface area (Å²) in [4.78, 5) is 0. The van der Waals surface area contributed by atoms with Crippen LogP contribution in [0.3, 0.4) is 0 Å². The number of benzene rings is 1. The summed E-state index contributed by atoms with van der Waals surface area (Å²) >= 11 is 0. The predicted molar refractivity (Wildman–Crippen MR) is 59.7 cm³/mol. The van der Waals surface area contributed by atoms with Crippen LogP contribution in [0.4, 0.5) is 0 Å². The minimum absolute atomic E-state index is 0.319. The fourth-order valence-corrected chi connectivity index (χ4v) is 1.75. The van der Waals surface area contributed by atoms with E-state index in [-0.39, 0.29) is 0 Å². The van der Waals surface area contributed by atoms with Crippen LogP contribution in [0, 0.1) is 0 Å². The normalized spacial score (nSPS) is 26.5. The lowest BCUT2D eigenvalue weighted by atomic mass is 10.1. The van der Waals surface area contributed by atoms with Gasteiger partial charge in [0.25, 0.3) is 0 Å². The zero-order chi connectivity index (χ0) is 10.8. The first-order valence-corrected chi connectivity index (χ1v) is 5.86. The van der Waals surface area contributed by atoms with Gasteiger partial charge in [-0.3, -0.25) is 0 Å². The molecule has 0 bridgehead atoms.